The molecule has 0 N–H and O–H groups in total. The van der Waals surface area contributed by atoms with E-state index in [9.17, 15) is 0 Å². The molecule has 1 saturated heterocycles. The molecule has 90 valence electrons. The van der Waals surface area contributed by atoms with Gasteiger partial charge in [0.05, 0.1) is 26.2 Å². The Morgan fingerprint density at radius 3 is 1.93 bits per heavy atom. The Bertz CT molecular complexity index is 169. The summed E-state index contributed by atoms with van der Waals surface area (Å²) in [5.41, 5.74) is 0. The van der Waals surface area contributed by atoms with Gasteiger partial charge in [0.25, 0.3) is 0 Å². The number of halogens is 1. The normalized spacial score (nSPS) is 26.2. The van der Waals surface area contributed by atoms with E-state index in [2.05, 4.69) is 6.92 Å². The molecule has 1 aliphatic carbocycles. The molecule has 0 aromatic rings. The van der Waals surface area contributed by atoms with Gasteiger partial charge >= 0.3 is 0 Å². The molecule has 2 aliphatic rings. The molecule has 1 saturated carbocycles. The molecule has 2 heteroatoms. The summed E-state index contributed by atoms with van der Waals surface area (Å²) >= 11 is 0. The van der Waals surface area contributed by atoms with E-state index in [1.165, 1.54) is 75.6 Å². The Labute approximate surface area is 112 Å². The predicted octanol–water partition coefficient (Wildman–Crippen LogP) is 0.201. The molecule has 0 atom stereocenters. The third-order valence-corrected chi connectivity index (χ3v) is 4.56. The second kappa shape index (κ2) is 6.43. The summed E-state index contributed by atoms with van der Waals surface area (Å²) in [6, 6.07) is 0. The fourth-order valence-electron chi connectivity index (χ4n) is 3.21. The maximum atomic E-state index is 2.41. The Morgan fingerprint density at radius 2 is 1.53 bits per heavy atom. The van der Waals surface area contributed by atoms with Gasteiger partial charge in [0.2, 0.25) is 0 Å². The molecular weight excluding hydrogens is 297 g/mol. The monoisotopic (exact) mass is 323 g/mol. The first-order valence-electron chi connectivity index (χ1n) is 6.70. The topological polar surface area (TPSA) is 0 Å². The van der Waals surface area contributed by atoms with Crippen LogP contribution in [-0.2, 0) is 0 Å². The lowest BCUT2D eigenvalue weighted by molar-refractivity contribution is -0.929. The van der Waals surface area contributed by atoms with Crippen molar-refractivity contribution in [3.63, 3.8) is 0 Å². The van der Waals surface area contributed by atoms with Gasteiger partial charge in [-0.2, -0.15) is 0 Å². The summed E-state index contributed by atoms with van der Waals surface area (Å²) in [4.78, 5) is 0. The van der Waals surface area contributed by atoms with Crippen molar-refractivity contribution in [1.29, 1.82) is 0 Å². The van der Waals surface area contributed by atoms with Crippen LogP contribution in [0.1, 0.15) is 51.9 Å². The van der Waals surface area contributed by atoms with Crippen LogP contribution in [0, 0.1) is 5.92 Å². The number of likely N-dealkylation sites (tertiary alicyclic amines) is 1. The fourth-order valence-corrected chi connectivity index (χ4v) is 3.21. The summed E-state index contributed by atoms with van der Waals surface area (Å²) in [6.07, 6.45) is 10.5. The number of hydrogen-bond acceptors (Lipinski definition) is 0. The highest BCUT2D eigenvalue weighted by Gasteiger charge is 2.32. The van der Waals surface area contributed by atoms with E-state index < -0.39 is 0 Å². The van der Waals surface area contributed by atoms with E-state index >= 15 is 0 Å². The van der Waals surface area contributed by atoms with E-state index in [1.54, 1.807) is 0 Å². The summed E-state index contributed by atoms with van der Waals surface area (Å²) in [7, 11) is 0. The molecule has 0 bridgehead atoms. The average molecular weight is 323 g/mol. The molecule has 0 aromatic heterocycles. The molecular formula is C13H26IN. The third-order valence-electron chi connectivity index (χ3n) is 4.56. The van der Waals surface area contributed by atoms with Gasteiger partial charge in [-0.25, -0.2) is 0 Å². The van der Waals surface area contributed by atoms with E-state index in [-0.39, 0.29) is 24.0 Å². The highest BCUT2D eigenvalue weighted by atomic mass is 127. The van der Waals surface area contributed by atoms with Gasteiger partial charge in [-0.3, -0.25) is 0 Å². The largest absolute Gasteiger partial charge is 1.00 e. The summed E-state index contributed by atoms with van der Waals surface area (Å²) in [5.74, 6) is 1.09. The zero-order chi connectivity index (χ0) is 9.86. The lowest BCUT2D eigenvalue weighted by Gasteiger charge is -2.42. The first kappa shape index (κ1) is 13.8. The molecule has 1 aliphatic heterocycles. The number of hydrogen-bond donors (Lipinski definition) is 0. The molecule has 0 unspecified atom stereocenters. The van der Waals surface area contributed by atoms with Gasteiger partial charge in [-0.1, -0.05) is 6.42 Å². The molecule has 0 aromatic carbocycles. The SMILES string of the molecule is CC[N+]1(CC2CCC2)CCCCCC1.[I-]. The van der Waals surface area contributed by atoms with Crippen molar-refractivity contribution in [3.05, 3.63) is 0 Å². The predicted molar refractivity (Wildman–Crippen MR) is 61.2 cm³/mol. The maximum Gasteiger partial charge on any atom is 0.0815 e. The van der Waals surface area contributed by atoms with Crippen molar-refractivity contribution < 1.29 is 28.5 Å². The lowest BCUT2D eigenvalue weighted by atomic mass is 9.84. The van der Waals surface area contributed by atoms with Crippen LogP contribution in [0.3, 0.4) is 0 Å². The molecule has 15 heavy (non-hydrogen) atoms. The number of quaternary nitrogens is 1. The van der Waals surface area contributed by atoms with Crippen molar-refractivity contribution in [2.45, 2.75) is 51.9 Å². The average Bonchev–Trinajstić information content (AvgIpc) is 2.38. The smallest absolute Gasteiger partial charge is 0.0815 e. The van der Waals surface area contributed by atoms with Gasteiger partial charge in [0.15, 0.2) is 0 Å². The van der Waals surface area contributed by atoms with E-state index in [0.717, 1.165) is 5.92 Å². The summed E-state index contributed by atoms with van der Waals surface area (Å²) in [6.45, 7) is 8.26. The highest BCUT2D eigenvalue weighted by Crippen LogP contribution is 2.31. The zero-order valence-corrected chi connectivity index (χ0v) is 12.3. The van der Waals surface area contributed by atoms with Crippen LogP contribution in [0.5, 0.6) is 0 Å². The zero-order valence-electron chi connectivity index (χ0n) is 10.2. The molecule has 0 radical (unpaired) electrons. The molecule has 1 heterocycles. The fraction of sp³-hybridized carbons (Fsp3) is 1.00. The highest BCUT2D eigenvalue weighted by molar-refractivity contribution is 4.70. The van der Waals surface area contributed by atoms with Crippen LogP contribution < -0.4 is 24.0 Å². The van der Waals surface area contributed by atoms with Gasteiger partial charge in [0.1, 0.15) is 0 Å². The number of nitrogens with zero attached hydrogens (tertiary/aromatic N) is 1. The minimum absolute atomic E-state index is 0. The number of rotatable bonds is 3. The van der Waals surface area contributed by atoms with Gasteiger partial charge in [-0.05, 0) is 45.4 Å². The lowest BCUT2D eigenvalue weighted by Crippen LogP contribution is -3.00. The van der Waals surface area contributed by atoms with Crippen LogP contribution in [0.2, 0.25) is 0 Å². The van der Waals surface area contributed by atoms with Crippen molar-refractivity contribution in [3.8, 4) is 0 Å². The Balaban J connectivity index is 0.00000112. The summed E-state index contributed by atoms with van der Waals surface area (Å²) < 4.78 is 1.46. The van der Waals surface area contributed by atoms with Crippen molar-refractivity contribution in [2.75, 3.05) is 26.2 Å². The molecule has 1 nitrogen and oxygen atoms in total. The standard InChI is InChI=1S/C13H26N.HI/c1-2-14(12-13-8-7-9-13)10-5-3-4-6-11-14;/h13H,2-12H2,1H3;1H/q+1;/p-1. The third kappa shape index (κ3) is 3.58. The summed E-state index contributed by atoms with van der Waals surface area (Å²) in [5, 5.41) is 0. The minimum Gasteiger partial charge on any atom is -1.00 e. The molecule has 0 spiro atoms. The van der Waals surface area contributed by atoms with Crippen molar-refractivity contribution in [1.82, 2.24) is 0 Å². The van der Waals surface area contributed by atoms with Crippen LogP contribution in [-0.4, -0.2) is 30.7 Å². The van der Waals surface area contributed by atoms with E-state index in [4.69, 9.17) is 0 Å². The van der Waals surface area contributed by atoms with Crippen LogP contribution in [0.15, 0.2) is 0 Å². The molecule has 0 amide bonds. The maximum absolute atomic E-state index is 2.41. The van der Waals surface area contributed by atoms with Crippen molar-refractivity contribution in [2.24, 2.45) is 5.92 Å². The quantitative estimate of drug-likeness (QED) is 0.514. The van der Waals surface area contributed by atoms with Crippen molar-refractivity contribution >= 4 is 0 Å². The Hall–Kier alpha value is 0.690. The van der Waals surface area contributed by atoms with Gasteiger partial charge < -0.3 is 28.5 Å². The first-order valence-corrected chi connectivity index (χ1v) is 6.70. The van der Waals surface area contributed by atoms with Gasteiger partial charge in [0, 0.05) is 5.92 Å². The van der Waals surface area contributed by atoms with Crippen LogP contribution in [0.4, 0.5) is 0 Å². The second-order valence-electron chi connectivity index (χ2n) is 5.50. The van der Waals surface area contributed by atoms with Crippen LogP contribution >= 0.6 is 0 Å². The van der Waals surface area contributed by atoms with Crippen LogP contribution in [0.25, 0.3) is 0 Å². The molecule has 2 fully saturated rings. The van der Waals surface area contributed by atoms with E-state index in [1.807, 2.05) is 0 Å². The Kier molecular flexibility index (Phi) is 5.90. The molecule has 2 rings (SSSR count). The Morgan fingerprint density at radius 1 is 0.933 bits per heavy atom. The first-order chi connectivity index (χ1) is 6.85. The second-order valence-corrected chi connectivity index (χ2v) is 5.50. The van der Waals surface area contributed by atoms with Gasteiger partial charge in [-0.15, -0.1) is 0 Å². The van der Waals surface area contributed by atoms with E-state index in [0.29, 0.717) is 0 Å². The minimum atomic E-state index is 0.